The van der Waals surface area contributed by atoms with E-state index in [1.165, 1.54) is 18.7 Å². The molecule has 8 nitrogen and oxygen atoms in total. The molecular formula is C24H22N6O2S. The molecule has 1 N–H and O–H groups in total. The number of amides is 1. The average Bonchev–Trinajstić information content (AvgIpc) is 3.22. The molecule has 4 rings (SSSR count). The van der Waals surface area contributed by atoms with Crippen molar-refractivity contribution < 1.29 is 9.59 Å². The van der Waals surface area contributed by atoms with E-state index in [0.29, 0.717) is 27.9 Å². The van der Waals surface area contributed by atoms with Crippen molar-refractivity contribution in [3.63, 3.8) is 0 Å². The number of nitrogens with zero attached hydrogens (tertiary/aromatic N) is 5. The van der Waals surface area contributed by atoms with Crippen LogP contribution in [0.15, 0.2) is 65.8 Å². The quantitative estimate of drug-likeness (QED) is 0.248. The number of aryl methyl sites for hydroxylation is 2. The number of hydrogen-bond donors (Lipinski definition) is 1. The minimum absolute atomic E-state index is 0.0356. The SMILES string of the molecule is CC(=O)c1ccc(NC(=O)c2nnn(-c3ccccc3)c2CSc2nc(C)cc(C)n2)cc1. The summed E-state index contributed by atoms with van der Waals surface area (Å²) in [7, 11) is 0. The Hall–Kier alpha value is -3.85. The number of ketones is 1. The fraction of sp³-hybridized carbons (Fsp3) is 0.167. The first kappa shape index (κ1) is 22.3. The van der Waals surface area contributed by atoms with Crippen LogP contribution in [0.3, 0.4) is 0 Å². The molecule has 0 aliphatic heterocycles. The highest BCUT2D eigenvalue weighted by molar-refractivity contribution is 7.98. The summed E-state index contributed by atoms with van der Waals surface area (Å²) in [5.41, 5.74) is 4.55. The van der Waals surface area contributed by atoms with Gasteiger partial charge in [0.2, 0.25) is 0 Å². The second kappa shape index (κ2) is 9.74. The number of thioether (sulfide) groups is 1. The molecule has 0 unspecified atom stereocenters. The zero-order valence-corrected chi connectivity index (χ0v) is 19.3. The maximum atomic E-state index is 13.1. The van der Waals surface area contributed by atoms with Crippen molar-refractivity contribution in [3.05, 3.63) is 89.0 Å². The van der Waals surface area contributed by atoms with E-state index in [0.717, 1.165) is 17.1 Å². The molecule has 0 saturated heterocycles. The van der Waals surface area contributed by atoms with E-state index >= 15 is 0 Å². The Bertz CT molecular complexity index is 1280. The molecule has 2 aromatic heterocycles. The number of Topliss-reactive ketones (excluding diaryl/α,β-unsaturated/α-hetero) is 1. The fourth-order valence-corrected chi connectivity index (χ4v) is 4.20. The summed E-state index contributed by atoms with van der Waals surface area (Å²) in [6.45, 7) is 5.34. The highest BCUT2D eigenvalue weighted by atomic mass is 32.2. The molecule has 0 atom stereocenters. The number of benzene rings is 2. The normalized spacial score (nSPS) is 10.8. The molecular weight excluding hydrogens is 436 g/mol. The summed E-state index contributed by atoms with van der Waals surface area (Å²) in [6.07, 6.45) is 0. The highest BCUT2D eigenvalue weighted by Gasteiger charge is 2.21. The maximum Gasteiger partial charge on any atom is 0.278 e. The van der Waals surface area contributed by atoms with Crippen LogP contribution in [0.2, 0.25) is 0 Å². The Morgan fingerprint density at radius 1 is 0.970 bits per heavy atom. The van der Waals surface area contributed by atoms with E-state index in [1.54, 1.807) is 28.9 Å². The van der Waals surface area contributed by atoms with Gasteiger partial charge in [0.05, 0.1) is 11.4 Å². The largest absolute Gasteiger partial charge is 0.321 e. The average molecular weight is 459 g/mol. The zero-order valence-electron chi connectivity index (χ0n) is 18.4. The number of nitrogens with one attached hydrogen (secondary N) is 1. The minimum Gasteiger partial charge on any atom is -0.321 e. The van der Waals surface area contributed by atoms with E-state index in [9.17, 15) is 9.59 Å². The van der Waals surface area contributed by atoms with Gasteiger partial charge in [0, 0.05) is 28.4 Å². The third-order valence-corrected chi connectivity index (χ3v) is 5.69. The van der Waals surface area contributed by atoms with E-state index < -0.39 is 0 Å². The topological polar surface area (TPSA) is 103 Å². The van der Waals surface area contributed by atoms with Crippen LogP contribution >= 0.6 is 11.8 Å². The molecule has 0 radical (unpaired) electrons. The Labute approximate surface area is 195 Å². The van der Waals surface area contributed by atoms with Gasteiger partial charge in [-0.2, -0.15) is 0 Å². The van der Waals surface area contributed by atoms with Gasteiger partial charge in [-0.1, -0.05) is 35.2 Å². The Kier molecular flexibility index (Phi) is 6.60. The predicted molar refractivity (Wildman–Crippen MR) is 127 cm³/mol. The predicted octanol–water partition coefficient (Wildman–Crippen LogP) is 4.42. The first-order valence-corrected chi connectivity index (χ1v) is 11.3. The van der Waals surface area contributed by atoms with Gasteiger partial charge in [-0.15, -0.1) is 5.10 Å². The van der Waals surface area contributed by atoms with E-state index in [1.807, 2.05) is 50.2 Å². The molecule has 166 valence electrons. The molecule has 0 spiro atoms. The number of anilines is 1. The van der Waals surface area contributed by atoms with E-state index in [4.69, 9.17) is 0 Å². The first-order chi connectivity index (χ1) is 15.9. The molecule has 4 aromatic rings. The van der Waals surface area contributed by atoms with Gasteiger partial charge in [-0.05, 0) is 63.2 Å². The van der Waals surface area contributed by atoms with Crippen molar-refractivity contribution in [2.75, 3.05) is 5.32 Å². The summed E-state index contributed by atoms with van der Waals surface area (Å²) in [5, 5.41) is 11.9. The van der Waals surface area contributed by atoms with Crippen LogP contribution in [-0.2, 0) is 5.75 Å². The monoisotopic (exact) mass is 458 g/mol. The van der Waals surface area contributed by atoms with E-state index in [-0.39, 0.29) is 17.4 Å². The first-order valence-electron chi connectivity index (χ1n) is 10.3. The van der Waals surface area contributed by atoms with Crippen LogP contribution in [-0.4, -0.2) is 36.7 Å². The molecule has 0 aliphatic carbocycles. The molecule has 9 heteroatoms. The van der Waals surface area contributed by atoms with Gasteiger partial charge in [0.25, 0.3) is 5.91 Å². The third-order valence-electron chi connectivity index (χ3n) is 4.83. The second-order valence-corrected chi connectivity index (χ2v) is 8.38. The summed E-state index contributed by atoms with van der Waals surface area (Å²) < 4.78 is 1.66. The number of para-hydroxylation sites is 1. The maximum absolute atomic E-state index is 13.1. The van der Waals surface area contributed by atoms with Crippen molar-refractivity contribution in [1.29, 1.82) is 0 Å². The Morgan fingerprint density at radius 3 is 2.27 bits per heavy atom. The Balaban J connectivity index is 1.63. The molecule has 0 bridgehead atoms. The van der Waals surface area contributed by atoms with E-state index in [2.05, 4.69) is 25.6 Å². The number of carbonyl (C=O) groups is 2. The van der Waals surface area contributed by atoms with Crippen LogP contribution < -0.4 is 5.32 Å². The molecule has 33 heavy (non-hydrogen) atoms. The fourth-order valence-electron chi connectivity index (χ4n) is 3.25. The molecule has 1 amide bonds. The van der Waals surface area contributed by atoms with Crippen LogP contribution in [0, 0.1) is 13.8 Å². The van der Waals surface area contributed by atoms with Crippen molar-refractivity contribution >= 4 is 29.1 Å². The number of carbonyl (C=O) groups excluding carboxylic acids is 2. The number of rotatable bonds is 7. The van der Waals surface area contributed by atoms with Crippen molar-refractivity contribution in [3.8, 4) is 5.69 Å². The molecule has 2 heterocycles. The van der Waals surface area contributed by atoms with Crippen LogP contribution in [0.1, 0.15) is 44.9 Å². The minimum atomic E-state index is -0.385. The summed E-state index contributed by atoms with van der Waals surface area (Å²) in [4.78, 5) is 33.5. The smallest absolute Gasteiger partial charge is 0.278 e. The zero-order chi connectivity index (χ0) is 23.4. The van der Waals surface area contributed by atoms with Gasteiger partial charge in [-0.3, -0.25) is 9.59 Å². The number of aromatic nitrogens is 5. The van der Waals surface area contributed by atoms with Gasteiger partial charge in [0.1, 0.15) is 0 Å². The highest BCUT2D eigenvalue weighted by Crippen LogP contribution is 2.24. The molecule has 2 aromatic carbocycles. The summed E-state index contributed by atoms with van der Waals surface area (Å²) in [5.74, 6) is -0.0205. The van der Waals surface area contributed by atoms with Gasteiger partial charge in [0.15, 0.2) is 16.6 Å². The lowest BCUT2D eigenvalue weighted by atomic mass is 10.1. The molecule has 0 aliphatic rings. The molecule has 0 fully saturated rings. The van der Waals surface area contributed by atoms with Gasteiger partial charge in [-0.25, -0.2) is 14.6 Å². The van der Waals surface area contributed by atoms with Crippen molar-refractivity contribution in [1.82, 2.24) is 25.0 Å². The summed E-state index contributed by atoms with van der Waals surface area (Å²) >= 11 is 1.42. The lowest BCUT2D eigenvalue weighted by molar-refractivity contribution is 0.101. The summed E-state index contributed by atoms with van der Waals surface area (Å²) in [6, 6.07) is 18.2. The number of hydrogen-bond acceptors (Lipinski definition) is 7. The molecule has 0 saturated carbocycles. The van der Waals surface area contributed by atoms with Crippen LogP contribution in [0.4, 0.5) is 5.69 Å². The van der Waals surface area contributed by atoms with Gasteiger partial charge >= 0.3 is 0 Å². The standard InChI is InChI=1S/C24H22N6O2S/c1-15-13-16(2)26-24(25-15)33-14-21-22(28-29-30(21)20-7-5-4-6-8-20)23(32)27-19-11-9-18(10-12-19)17(3)31/h4-13H,14H2,1-3H3,(H,27,32). The van der Waals surface area contributed by atoms with Crippen molar-refractivity contribution in [2.45, 2.75) is 31.7 Å². The Morgan fingerprint density at radius 2 is 1.64 bits per heavy atom. The van der Waals surface area contributed by atoms with Crippen molar-refractivity contribution in [2.24, 2.45) is 0 Å². The lowest BCUT2D eigenvalue weighted by Crippen LogP contribution is -2.15. The second-order valence-electron chi connectivity index (χ2n) is 7.44. The van der Waals surface area contributed by atoms with Crippen LogP contribution in [0.25, 0.3) is 5.69 Å². The van der Waals surface area contributed by atoms with Gasteiger partial charge < -0.3 is 5.32 Å². The lowest BCUT2D eigenvalue weighted by Gasteiger charge is -2.09. The third kappa shape index (κ3) is 5.32. The van der Waals surface area contributed by atoms with Crippen LogP contribution in [0.5, 0.6) is 0 Å².